The molecule has 4 rings (SSSR count). The fourth-order valence-corrected chi connectivity index (χ4v) is 4.52. The summed E-state index contributed by atoms with van der Waals surface area (Å²) < 4.78 is 15.8. The van der Waals surface area contributed by atoms with Crippen LogP contribution >= 0.6 is 0 Å². The van der Waals surface area contributed by atoms with Gasteiger partial charge in [-0.1, -0.05) is 30.3 Å². The second-order valence-electron chi connectivity index (χ2n) is 8.29. The minimum Gasteiger partial charge on any atom is -0.497 e. The Morgan fingerprint density at radius 1 is 0.886 bits per heavy atom. The standard InChI is InChI=1S/C28H30N2O5/c1-33-18-6-17-29-27(31)25-23-7-4-5-8-24(23)28(32)30(20-11-15-22(35-3)16-12-20)26(25)19-9-13-21(34-2)14-10-19/h4-5,7-16,25-26H,6,17-18H2,1-3H3,(H,29,31)/t25-,26+/m1/s1. The van der Waals surface area contributed by atoms with Crippen LogP contribution in [0.3, 0.4) is 0 Å². The van der Waals surface area contributed by atoms with E-state index in [4.69, 9.17) is 14.2 Å². The van der Waals surface area contributed by atoms with Crippen LogP contribution in [0.1, 0.15) is 39.9 Å². The van der Waals surface area contributed by atoms with Gasteiger partial charge in [-0.2, -0.15) is 0 Å². The molecule has 3 aromatic rings. The molecule has 35 heavy (non-hydrogen) atoms. The van der Waals surface area contributed by atoms with E-state index in [1.807, 2.05) is 66.7 Å². The third kappa shape index (κ3) is 5.00. The molecule has 7 heteroatoms. The minimum absolute atomic E-state index is 0.139. The SMILES string of the molecule is COCCCNC(=O)[C@@H]1c2ccccc2C(=O)N(c2ccc(OC)cc2)[C@H]1c1ccc(OC)cc1. The first-order chi connectivity index (χ1) is 17.1. The smallest absolute Gasteiger partial charge is 0.259 e. The van der Waals surface area contributed by atoms with E-state index in [2.05, 4.69) is 5.32 Å². The molecule has 1 aliphatic heterocycles. The number of nitrogens with zero attached hydrogens (tertiary/aromatic N) is 1. The van der Waals surface area contributed by atoms with Crippen molar-refractivity contribution < 1.29 is 23.8 Å². The maximum absolute atomic E-state index is 13.9. The normalized spacial score (nSPS) is 17.0. The van der Waals surface area contributed by atoms with E-state index >= 15 is 0 Å². The molecule has 0 radical (unpaired) electrons. The fraction of sp³-hybridized carbons (Fsp3) is 0.286. The van der Waals surface area contributed by atoms with Crippen molar-refractivity contribution in [2.24, 2.45) is 0 Å². The largest absolute Gasteiger partial charge is 0.497 e. The maximum Gasteiger partial charge on any atom is 0.259 e. The quantitative estimate of drug-likeness (QED) is 0.467. The highest BCUT2D eigenvalue weighted by molar-refractivity contribution is 6.11. The average molecular weight is 475 g/mol. The van der Waals surface area contributed by atoms with Gasteiger partial charge in [0.05, 0.1) is 26.2 Å². The summed E-state index contributed by atoms with van der Waals surface area (Å²) in [5.74, 6) is 0.484. The Labute approximate surface area is 205 Å². The highest BCUT2D eigenvalue weighted by Crippen LogP contribution is 2.45. The van der Waals surface area contributed by atoms with Gasteiger partial charge in [0.1, 0.15) is 11.5 Å². The topological polar surface area (TPSA) is 77.1 Å². The molecule has 0 unspecified atom stereocenters. The number of anilines is 1. The van der Waals surface area contributed by atoms with Gasteiger partial charge in [0.2, 0.25) is 5.91 Å². The molecule has 0 fully saturated rings. The molecule has 0 aromatic heterocycles. The van der Waals surface area contributed by atoms with Crippen molar-refractivity contribution in [3.8, 4) is 11.5 Å². The van der Waals surface area contributed by atoms with E-state index in [0.717, 1.165) is 5.56 Å². The zero-order valence-corrected chi connectivity index (χ0v) is 20.2. The first kappa shape index (κ1) is 24.3. The van der Waals surface area contributed by atoms with Crippen LogP contribution in [-0.4, -0.2) is 46.3 Å². The van der Waals surface area contributed by atoms with E-state index < -0.39 is 12.0 Å². The number of amides is 2. The summed E-state index contributed by atoms with van der Waals surface area (Å²) in [6.07, 6.45) is 0.699. The summed E-state index contributed by atoms with van der Waals surface area (Å²) in [5.41, 5.74) is 2.75. The second kappa shape index (κ2) is 11.1. The molecule has 3 aromatic carbocycles. The van der Waals surface area contributed by atoms with Crippen LogP contribution in [0.15, 0.2) is 72.8 Å². The van der Waals surface area contributed by atoms with Crippen molar-refractivity contribution in [3.05, 3.63) is 89.5 Å². The van der Waals surface area contributed by atoms with E-state index in [1.165, 1.54) is 0 Å². The fourth-order valence-electron chi connectivity index (χ4n) is 4.52. The third-order valence-electron chi connectivity index (χ3n) is 6.25. The molecule has 1 N–H and O–H groups in total. The van der Waals surface area contributed by atoms with E-state index in [-0.39, 0.29) is 11.8 Å². The molecule has 182 valence electrons. The van der Waals surface area contributed by atoms with Crippen LogP contribution in [0.5, 0.6) is 11.5 Å². The Bertz CT molecular complexity index is 1160. The van der Waals surface area contributed by atoms with Gasteiger partial charge in [-0.3, -0.25) is 14.5 Å². The number of hydrogen-bond donors (Lipinski definition) is 1. The van der Waals surface area contributed by atoms with Gasteiger partial charge in [0.25, 0.3) is 5.91 Å². The Hall–Kier alpha value is -3.84. The monoisotopic (exact) mass is 474 g/mol. The number of hydrogen-bond acceptors (Lipinski definition) is 5. The Kier molecular flexibility index (Phi) is 7.67. The summed E-state index contributed by atoms with van der Waals surface area (Å²) in [4.78, 5) is 29.3. The summed E-state index contributed by atoms with van der Waals surface area (Å²) in [7, 11) is 4.84. The van der Waals surface area contributed by atoms with Gasteiger partial charge < -0.3 is 19.5 Å². The number of methoxy groups -OCH3 is 3. The van der Waals surface area contributed by atoms with Crippen molar-refractivity contribution in [1.82, 2.24) is 5.32 Å². The van der Waals surface area contributed by atoms with Crippen LogP contribution in [0.25, 0.3) is 0 Å². The Morgan fingerprint density at radius 2 is 1.51 bits per heavy atom. The first-order valence-corrected chi connectivity index (χ1v) is 11.6. The third-order valence-corrected chi connectivity index (χ3v) is 6.25. The minimum atomic E-state index is -0.609. The summed E-state index contributed by atoms with van der Waals surface area (Å²) in [6, 6.07) is 21.6. The average Bonchev–Trinajstić information content (AvgIpc) is 2.91. The number of rotatable bonds is 9. The van der Waals surface area contributed by atoms with Crippen molar-refractivity contribution in [2.75, 3.05) is 39.4 Å². The van der Waals surface area contributed by atoms with Crippen molar-refractivity contribution in [3.63, 3.8) is 0 Å². The summed E-state index contributed by atoms with van der Waals surface area (Å²) in [5, 5.41) is 3.05. The lowest BCUT2D eigenvalue weighted by Gasteiger charge is -2.42. The molecule has 0 saturated heterocycles. The summed E-state index contributed by atoms with van der Waals surface area (Å²) >= 11 is 0. The second-order valence-corrected chi connectivity index (χ2v) is 8.29. The predicted octanol–water partition coefficient (Wildman–Crippen LogP) is 4.34. The molecule has 2 atom stereocenters. The van der Waals surface area contributed by atoms with Gasteiger partial charge in [-0.15, -0.1) is 0 Å². The zero-order chi connectivity index (χ0) is 24.8. The number of fused-ring (bicyclic) bond motifs is 1. The van der Waals surface area contributed by atoms with Gasteiger partial charge in [-0.05, 0) is 60.0 Å². The molecule has 0 spiro atoms. The van der Waals surface area contributed by atoms with Gasteiger partial charge >= 0.3 is 0 Å². The molecule has 0 bridgehead atoms. The van der Waals surface area contributed by atoms with E-state index in [0.29, 0.717) is 47.9 Å². The highest BCUT2D eigenvalue weighted by Gasteiger charge is 2.44. The maximum atomic E-state index is 13.9. The Balaban J connectivity index is 1.84. The number of ether oxygens (including phenoxy) is 3. The molecule has 1 aliphatic rings. The molecular weight excluding hydrogens is 444 g/mol. The lowest BCUT2D eigenvalue weighted by Crippen LogP contribution is -2.47. The van der Waals surface area contributed by atoms with E-state index in [9.17, 15) is 9.59 Å². The molecule has 0 aliphatic carbocycles. The van der Waals surface area contributed by atoms with Crippen LogP contribution in [0, 0.1) is 0 Å². The Morgan fingerprint density at radius 3 is 2.14 bits per heavy atom. The molecule has 0 saturated carbocycles. The molecule has 7 nitrogen and oxygen atoms in total. The highest BCUT2D eigenvalue weighted by atomic mass is 16.5. The lowest BCUT2D eigenvalue weighted by molar-refractivity contribution is -0.123. The number of benzene rings is 3. The van der Waals surface area contributed by atoms with Crippen LogP contribution < -0.4 is 19.7 Å². The van der Waals surface area contributed by atoms with Gasteiger partial charge in [0, 0.05) is 31.5 Å². The number of carbonyl (C=O) groups is 2. The lowest BCUT2D eigenvalue weighted by atomic mass is 9.78. The van der Waals surface area contributed by atoms with Crippen LogP contribution in [0.4, 0.5) is 5.69 Å². The molecule has 2 amide bonds. The van der Waals surface area contributed by atoms with Gasteiger partial charge in [-0.25, -0.2) is 0 Å². The number of carbonyl (C=O) groups excluding carboxylic acids is 2. The van der Waals surface area contributed by atoms with Crippen LogP contribution in [-0.2, 0) is 9.53 Å². The zero-order valence-electron chi connectivity index (χ0n) is 20.2. The van der Waals surface area contributed by atoms with Gasteiger partial charge in [0.15, 0.2) is 0 Å². The molecular formula is C28H30N2O5. The van der Waals surface area contributed by atoms with Crippen LogP contribution in [0.2, 0.25) is 0 Å². The van der Waals surface area contributed by atoms with Crippen molar-refractivity contribution in [2.45, 2.75) is 18.4 Å². The van der Waals surface area contributed by atoms with E-state index in [1.54, 1.807) is 32.3 Å². The predicted molar refractivity (Wildman–Crippen MR) is 134 cm³/mol. The van der Waals surface area contributed by atoms with Crippen molar-refractivity contribution in [1.29, 1.82) is 0 Å². The first-order valence-electron chi connectivity index (χ1n) is 11.6. The molecule has 1 heterocycles. The number of nitrogens with one attached hydrogen (secondary N) is 1. The van der Waals surface area contributed by atoms with Crippen molar-refractivity contribution >= 4 is 17.5 Å². The summed E-state index contributed by atoms with van der Waals surface area (Å²) in [6.45, 7) is 1.04.